The molecule has 6 heteroatoms. The van der Waals surface area contributed by atoms with Crippen molar-refractivity contribution in [1.29, 1.82) is 5.26 Å². The van der Waals surface area contributed by atoms with Gasteiger partial charge < -0.3 is 4.57 Å². The Kier molecular flexibility index (Phi) is 5.48. The van der Waals surface area contributed by atoms with Crippen LogP contribution in [0.25, 0.3) is 17.3 Å². The molecule has 0 aliphatic carbocycles. The van der Waals surface area contributed by atoms with Crippen LogP contribution in [-0.4, -0.2) is 4.57 Å². The van der Waals surface area contributed by atoms with E-state index in [2.05, 4.69) is 26.6 Å². The molecular formula is C22H16BrF3N2. The quantitative estimate of drug-likeness (QED) is 0.402. The maximum atomic E-state index is 12.8. The van der Waals surface area contributed by atoms with E-state index in [1.807, 2.05) is 44.2 Å². The van der Waals surface area contributed by atoms with E-state index < -0.39 is 11.7 Å². The summed E-state index contributed by atoms with van der Waals surface area (Å²) >= 11 is 3.42. The van der Waals surface area contributed by atoms with Gasteiger partial charge in [-0.2, -0.15) is 18.4 Å². The number of hydrogen-bond donors (Lipinski definition) is 0. The molecule has 0 amide bonds. The molecule has 28 heavy (non-hydrogen) atoms. The van der Waals surface area contributed by atoms with Crippen LogP contribution in [0.2, 0.25) is 0 Å². The molecule has 0 spiro atoms. The molecule has 0 unspecified atom stereocenters. The predicted molar refractivity (Wildman–Crippen MR) is 108 cm³/mol. The number of benzene rings is 2. The number of aromatic nitrogens is 1. The van der Waals surface area contributed by atoms with Crippen molar-refractivity contribution in [1.82, 2.24) is 4.57 Å². The fourth-order valence-corrected chi connectivity index (χ4v) is 3.36. The van der Waals surface area contributed by atoms with E-state index >= 15 is 0 Å². The second-order valence-corrected chi connectivity index (χ2v) is 7.30. The number of allylic oxidation sites excluding steroid dienone is 1. The highest BCUT2D eigenvalue weighted by atomic mass is 79.9. The molecule has 0 aliphatic rings. The highest BCUT2D eigenvalue weighted by Crippen LogP contribution is 2.31. The number of nitriles is 1. The monoisotopic (exact) mass is 444 g/mol. The molecule has 0 saturated heterocycles. The van der Waals surface area contributed by atoms with Crippen molar-refractivity contribution < 1.29 is 13.2 Å². The van der Waals surface area contributed by atoms with Crippen LogP contribution in [-0.2, 0) is 6.18 Å². The zero-order chi connectivity index (χ0) is 20.5. The van der Waals surface area contributed by atoms with Gasteiger partial charge in [-0.25, -0.2) is 0 Å². The Labute approximate surface area is 169 Å². The predicted octanol–water partition coefficient (Wildman–Crippen LogP) is 6.94. The van der Waals surface area contributed by atoms with E-state index in [1.54, 1.807) is 6.08 Å². The third-order valence-electron chi connectivity index (χ3n) is 4.50. The fourth-order valence-electron chi connectivity index (χ4n) is 3.10. The largest absolute Gasteiger partial charge is 0.416 e. The minimum Gasteiger partial charge on any atom is -0.318 e. The first kappa shape index (κ1) is 20.0. The van der Waals surface area contributed by atoms with Gasteiger partial charge in [-0.15, -0.1) is 0 Å². The summed E-state index contributed by atoms with van der Waals surface area (Å²) in [5.41, 5.74) is 3.80. The normalized spacial score (nSPS) is 12.1. The van der Waals surface area contributed by atoms with Crippen molar-refractivity contribution in [2.24, 2.45) is 0 Å². The van der Waals surface area contributed by atoms with Crippen LogP contribution in [0.1, 0.15) is 28.1 Å². The van der Waals surface area contributed by atoms with E-state index in [-0.39, 0.29) is 0 Å². The minimum atomic E-state index is -4.40. The number of hydrogen-bond acceptors (Lipinski definition) is 1. The molecule has 2 aromatic carbocycles. The summed E-state index contributed by atoms with van der Waals surface area (Å²) in [5, 5.41) is 9.53. The lowest BCUT2D eigenvalue weighted by molar-refractivity contribution is -0.137. The van der Waals surface area contributed by atoms with Crippen LogP contribution >= 0.6 is 15.9 Å². The number of halogens is 4. The molecule has 0 aliphatic heterocycles. The van der Waals surface area contributed by atoms with Crippen LogP contribution in [0.4, 0.5) is 13.2 Å². The molecule has 1 heterocycles. The van der Waals surface area contributed by atoms with E-state index in [4.69, 9.17) is 0 Å². The zero-order valence-corrected chi connectivity index (χ0v) is 16.8. The second-order valence-electron chi connectivity index (χ2n) is 6.38. The van der Waals surface area contributed by atoms with Crippen molar-refractivity contribution in [3.05, 3.63) is 87.1 Å². The highest BCUT2D eigenvalue weighted by molar-refractivity contribution is 9.10. The Morgan fingerprint density at radius 1 is 1.04 bits per heavy atom. The van der Waals surface area contributed by atoms with Gasteiger partial charge in [-0.1, -0.05) is 28.1 Å². The summed E-state index contributed by atoms with van der Waals surface area (Å²) in [6, 6.07) is 16.6. The molecule has 0 saturated carbocycles. The molecule has 0 N–H and O–H groups in total. The Balaban J connectivity index is 2.01. The summed E-state index contributed by atoms with van der Waals surface area (Å²) < 4.78 is 41.3. The van der Waals surface area contributed by atoms with Gasteiger partial charge in [0.2, 0.25) is 0 Å². The van der Waals surface area contributed by atoms with Crippen molar-refractivity contribution in [2.75, 3.05) is 0 Å². The van der Waals surface area contributed by atoms with E-state index in [0.717, 1.165) is 39.2 Å². The van der Waals surface area contributed by atoms with Crippen LogP contribution in [0.5, 0.6) is 0 Å². The van der Waals surface area contributed by atoms with Gasteiger partial charge in [0.25, 0.3) is 0 Å². The third-order valence-corrected chi connectivity index (χ3v) is 5.03. The second kappa shape index (κ2) is 7.69. The van der Waals surface area contributed by atoms with Gasteiger partial charge >= 0.3 is 6.18 Å². The van der Waals surface area contributed by atoms with Crippen molar-refractivity contribution in [3.63, 3.8) is 0 Å². The first-order chi connectivity index (χ1) is 13.2. The summed E-state index contributed by atoms with van der Waals surface area (Å²) in [6.45, 7) is 3.92. The first-order valence-corrected chi connectivity index (χ1v) is 9.24. The summed E-state index contributed by atoms with van der Waals surface area (Å²) in [4.78, 5) is 0. The fraction of sp³-hybridized carbons (Fsp3) is 0.136. The van der Waals surface area contributed by atoms with Crippen molar-refractivity contribution in [3.8, 4) is 11.8 Å². The van der Waals surface area contributed by atoms with E-state index in [9.17, 15) is 18.4 Å². The minimum absolute atomic E-state index is 0.310. The first-order valence-electron chi connectivity index (χ1n) is 8.45. The molecule has 0 atom stereocenters. The maximum absolute atomic E-state index is 12.8. The standard InChI is InChI=1S/C22H16BrF3N2/c1-14-11-17(15(2)28(14)21-9-7-20(23)8-10-21)12-18(13-27)16-3-5-19(6-4-16)22(24,25)26/h3-12H,1-2H3/b18-12-. The topological polar surface area (TPSA) is 28.7 Å². The number of rotatable bonds is 3. The van der Waals surface area contributed by atoms with Gasteiger partial charge in [-0.3, -0.25) is 0 Å². The Morgan fingerprint density at radius 3 is 2.18 bits per heavy atom. The van der Waals surface area contributed by atoms with Crippen LogP contribution in [0, 0.1) is 25.2 Å². The van der Waals surface area contributed by atoms with Gasteiger partial charge in [0.05, 0.1) is 17.2 Å². The lowest BCUT2D eigenvalue weighted by Crippen LogP contribution is -2.04. The molecule has 142 valence electrons. The maximum Gasteiger partial charge on any atom is 0.416 e. The molecule has 3 rings (SSSR count). The molecule has 3 aromatic rings. The Hall–Kier alpha value is -2.78. The lowest BCUT2D eigenvalue weighted by Gasteiger charge is -2.10. The van der Waals surface area contributed by atoms with Crippen molar-refractivity contribution in [2.45, 2.75) is 20.0 Å². The lowest BCUT2D eigenvalue weighted by atomic mass is 10.0. The SMILES string of the molecule is Cc1cc(/C=C(/C#N)c2ccc(C(F)(F)F)cc2)c(C)n1-c1ccc(Br)cc1. The summed E-state index contributed by atoms with van der Waals surface area (Å²) in [6.07, 6.45) is -2.69. The summed E-state index contributed by atoms with van der Waals surface area (Å²) in [5.74, 6) is 0. The third kappa shape index (κ3) is 4.05. The molecule has 1 aromatic heterocycles. The number of nitrogens with zero attached hydrogens (tertiary/aromatic N) is 2. The van der Waals surface area contributed by atoms with E-state index in [1.165, 1.54) is 12.1 Å². The molecule has 0 fully saturated rings. The van der Waals surface area contributed by atoms with Gasteiger partial charge in [0, 0.05) is 21.5 Å². The highest BCUT2D eigenvalue weighted by Gasteiger charge is 2.30. The van der Waals surface area contributed by atoms with Crippen LogP contribution in [0.3, 0.4) is 0 Å². The van der Waals surface area contributed by atoms with Crippen molar-refractivity contribution >= 4 is 27.6 Å². The smallest absolute Gasteiger partial charge is 0.318 e. The molecule has 0 bridgehead atoms. The Morgan fingerprint density at radius 2 is 1.64 bits per heavy atom. The van der Waals surface area contributed by atoms with Gasteiger partial charge in [0.1, 0.15) is 0 Å². The average molecular weight is 445 g/mol. The van der Waals surface area contributed by atoms with Gasteiger partial charge in [0.15, 0.2) is 0 Å². The zero-order valence-electron chi connectivity index (χ0n) is 15.2. The average Bonchev–Trinajstić information content (AvgIpc) is 2.93. The molecule has 0 radical (unpaired) electrons. The number of aryl methyl sites for hydroxylation is 1. The van der Waals surface area contributed by atoms with Crippen LogP contribution < -0.4 is 0 Å². The molecular weight excluding hydrogens is 429 g/mol. The number of alkyl halides is 3. The Bertz CT molecular complexity index is 1070. The van der Waals surface area contributed by atoms with E-state index in [0.29, 0.717) is 11.1 Å². The van der Waals surface area contributed by atoms with Gasteiger partial charge in [-0.05, 0) is 73.5 Å². The van der Waals surface area contributed by atoms with Crippen LogP contribution in [0.15, 0.2) is 59.1 Å². The molecule has 2 nitrogen and oxygen atoms in total. The summed E-state index contributed by atoms with van der Waals surface area (Å²) in [7, 11) is 0.